The van der Waals surface area contributed by atoms with Crippen molar-refractivity contribution in [2.24, 2.45) is 11.8 Å². The summed E-state index contributed by atoms with van der Waals surface area (Å²) in [5.74, 6) is -1.90. The molecule has 0 aliphatic carbocycles. The van der Waals surface area contributed by atoms with Crippen LogP contribution in [-0.4, -0.2) is 82.2 Å². The standard InChI is InChI=1S/C36H45N3O6/c1-7-21-37(25-15-17-26(18-16-25)44-9-3)32(41)29-28-19-20-36(45-28)30(29)33(42)39(27(23-40)24-13-11-10-12-14-24)31(36)34(43)38(22-8-2)35(4,5)6/h7-8,10-18,27-31,40H,1-2,9,19-23H2,3-6H3/t27-,28-,29+,30+,31?,36?/m1/s1. The van der Waals surface area contributed by atoms with Gasteiger partial charge in [0.05, 0.1) is 37.2 Å². The van der Waals surface area contributed by atoms with E-state index in [2.05, 4.69) is 13.2 Å². The lowest BCUT2D eigenvalue weighted by Gasteiger charge is -2.43. The van der Waals surface area contributed by atoms with Gasteiger partial charge in [0.15, 0.2) is 0 Å². The number of amides is 3. The number of hydrogen-bond acceptors (Lipinski definition) is 6. The van der Waals surface area contributed by atoms with Gasteiger partial charge in [-0.15, -0.1) is 13.2 Å². The molecule has 0 saturated carbocycles. The molecule has 1 spiro atoms. The Hall–Kier alpha value is -3.95. The van der Waals surface area contributed by atoms with Gasteiger partial charge in [0.1, 0.15) is 17.4 Å². The van der Waals surface area contributed by atoms with Gasteiger partial charge in [0.2, 0.25) is 17.7 Å². The zero-order valence-corrected chi connectivity index (χ0v) is 26.7. The van der Waals surface area contributed by atoms with Gasteiger partial charge in [-0.3, -0.25) is 14.4 Å². The molecule has 3 aliphatic rings. The Morgan fingerprint density at radius 3 is 2.33 bits per heavy atom. The second-order valence-corrected chi connectivity index (χ2v) is 13.0. The van der Waals surface area contributed by atoms with Crippen LogP contribution in [0.5, 0.6) is 5.75 Å². The van der Waals surface area contributed by atoms with Crippen LogP contribution >= 0.6 is 0 Å². The fourth-order valence-corrected chi connectivity index (χ4v) is 7.51. The van der Waals surface area contributed by atoms with E-state index in [1.807, 2.05) is 82.3 Å². The number of likely N-dealkylation sites (tertiary alicyclic amines) is 1. The van der Waals surface area contributed by atoms with Gasteiger partial charge >= 0.3 is 0 Å². The average Bonchev–Trinajstić information content (AvgIpc) is 3.67. The molecule has 3 amide bonds. The molecule has 45 heavy (non-hydrogen) atoms. The van der Waals surface area contributed by atoms with Crippen molar-refractivity contribution < 1.29 is 29.0 Å². The highest BCUT2D eigenvalue weighted by molar-refractivity contribution is 6.03. The van der Waals surface area contributed by atoms with Gasteiger partial charge in [-0.05, 0) is 70.4 Å². The Morgan fingerprint density at radius 2 is 1.76 bits per heavy atom. The number of ether oxygens (including phenoxy) is 2. The maximum absolute atomic E-state index is 14.8. The SMILES string of the molecule is C=CCN(C(=O)[C@@H]1[C@H]2C(=O)N([C@H](CO)c3ccccc3)C(C(=O)N(CC=C)C(C)(C)C)C23CC[C@H]1O3)c1ccc(OCC)cc1. The van der Waals surface area contributed by atoms with Crippen molar-refractivity contribution in [1.29, 1.82) is 0 Å². The summed E-state index contributed by atoms with van der Waals surface area (Å²) in [6.45, 7) is 16.1. The lowest BCUT2D eigenvalue weighted by Crippen LogP contribution is -2.60. The first kappa shape index (κ1) is 32.4. The number of fused-ring (bicyclic) bond motifs is 1. The van der Waals surface area contributed by atoms with E-state index in [1.165, 1.54) is 4.90 Å². The van der Waals surface area contributed by atoms with Crippen molar-refractivity contribution in [2.75, 3.05) is 31.2 Å². The molecule has 240 valence electrons. The predicted octanol–water partition coefficient (Wildman–Crippen LogP) is 4.53. The van der Waals surface area contributed by atoms with Crippen molar-refractivity contribution in [3.63, 3.8) is 0 Å². The van der Waals surface area contributed by atoms with E-state index < -0.39 is 47.8 Å². The van der Waals surface area contributed by atoms with Crippen molar-refractivity contribution in [1.82, 2.24) is 9.80 Å². The number of benzene rings is 2. The highest BCUT2D eigenvalue weighted by Gasteiger charge is 2.75. The van der Waals surface area contributed by atoms with Gasteiger partial charge in [0.25, 0.3) is 0 Å². The molecule has 2 bridgehead atoms. The number of carbonyl (C=O) groups is 3. The molecule has 5 rings (SSSR count). The van der Waals surface area contributed by atoms with Crippen LogP contribution in [0.15, 0.2) is 79.9 Å². The first-order valence-corrected chi connectivity index (χ1v) is 15.8. The summed E-state index contributed by atoms with van der Waals surface area (Å²) in [7, 11) is 0. The van der Waals surface area contributed by atoms with E-state index in [1.54, 1.807) is 22.0 Å². The van der Waals surface area contributed by atoms with Crippen molar-refractivity contribution >= 4 is 23.4 Å². The third kappa shape index (κ3) is 5.57. The van der Waals surface area contributed by atoms with Gasteiger partial charge in [-0.25, -0.2) is 0 Å². The largest absolute Gasteiger partial charge is 0.494 e. The summed E-state index contributed by atoms with van der Waals surface area (Å²) in [6, 6.07) is 14.6. The van der Waals surface area contributed by atoms with E-state index in [-0.39, 0.29) is 30.8 Å². The second kappa shape index (κ2) is 12.8. The summed E-state index contributed by atoms with van der Waals surface area (Å²) in [6.07, 6.45) is 3.79. The molecule has 3 saturated heterocycles. The zero-order valence-electron chi connectivity index (χ0n) is 26.7. The topological polar surface area (TPSA) is 99.6 Å². The molecule has 2 aromatic rings. The van der Waals surface area contributed by atoms with Crippen LogP contribution in [0.4, 0.5) is 5.69 Å². The highest BCUT2D eigenvalue weighted by atomic mass is 16.5. The van der Waals surface area contributed by atoms with Gasteiger partial charge in [0, 0.05) is 24.3 Å². The number of anilines is 1. The fourth-order valence-electron chi connectivity index (χ4n) is 7.51. The third-order valence-electron chi connectivity index (χ3n) is 9.37. The van der Waals surface area contributed by atoms with Crippen LogP contribution in [0.1, 0.15) is 52.1 Å². The summed E-state index contributed by atoms with van der Waals surface area (Å²) in [5, 5.41) is 10.8. The minimum absolute atomic E-state index is 0.233. The van der Waals surface area contributed by atoms with E-state index in [9.17, 15) is 19.5 Å². The summed E-state index contributed by atoms with van der Waals surface area (Å²) in [4.78, 5) is 48.9. The number of aliphatic hydroxyl groups is 1. The minimum atomic E-state index is -1.22. The first-order valence-electron chi connectivity index (χ1n) is 15.8. The number of nitrogens with zero attached hydrogens (tertiary/aromatic N) is 3. The smallest absolute Gasteiger partial charge is 0.249 e. The lowest BCUT2D eigenvalue weighted by atomic mass is 9.70. The molecular weight excluding hydrogens is 570 g/mol. The van der Waals surface area contributed by atoms with Crippen molar-refractivity contribution in [2.45, 2.75) is 69.9 Å². The summed E-state index contributed by atoms with van der Waals surface area (Å²) in [5.41, 5.74) is -0.452. The van der Waals surface area contributed by atoms with Crippen molar-refractivity contribution in [3.05, 3.63) is 85.5 Å². The number of aliphatic hydroxyl groups excluding tert-OH is 1. The predicted molar refractivity (Wildman–Crippen MR) is 173 cm³/mol. The summed E-state index contributed by atoms with van der Waals surface area (Å²) < 4.78 is 12.3. The molecular formula is C36H45N3O6. The van der Waals surface area contributed by atoms with Crippen LogP contribution in [0.2, 0.25) is 0 Å². The van der Waals surface area contributed by atoms with Crippen LogP contribution in [0.3, 0.4) is 0 Å². The molecule has 3 aliphatic heterocycles. The zero-order chi connectivity index (χ0) is 32.5. The van der Waals surface area contributed by atoms with Gasteiger partial charge in [-0.1, -0.05) is 42.5 Å². The molecule has 2 unspecified atom stereocenters. The van der Waals surface area contributed by atoms with E-state index >= 15 is 0 Å². The second-order valence-electron chi connectivity index (χ2n) is 13.0. The minimum Gasteiger partial charge on any atom is -0.494 e. The van der Waals surface area contributed by atoms with Crippen LogP contribution in [0.25, 0.3) is 0 Å². The van der Waals surface area contributed by atoms with Crippen molar-refractivity contribution in [3.8, 4) is 5.75 Å². The number of hydrogen-bond donors (Lipinski definition) is 1. The lowest BCUT2D eigenvalue weighted by molar-refractivity contribution is -0.154. The Labute approximate surface area is 266 Å². The quantitative estimate of drug-likeness (QED) is 0.353. The first-order chi connectivity index (χ1) is 21.5. The maximum atomic E-state index is 14.8. The van der Waals surface area contributed by atoms with Crippen LogP contribution in [0, 0.1) is 11.8 Å². The number of rotatable bonds is 12. The van der Waals surface area contributed by atoms with Gasteiger partial charge < -0.3 is 29.3 Å². The van der Waals surface area contributed by atoms with Gasteiger partial charge in [-0.2, -0.15) is 0 Å². The monoisotopic (exact) mass is 615 g/mol. The Morgan fingerprint density at radius 1 is 1.09 bits per heavy atom. The Kier molecular flexibility index (Phi) is 9.23. The molecule has 0 radical (unpaired) electrons. The molecule has 3 fully saturated rings. The number of carbonyl (C=O) groups excluding carboxylic acids is 3. The molecule has 9 nitrogen and oxygen atoms in total. The molecule has 1 N–H and O–H groups in total. The molecule has 0 aromatic heterocycles. The third-order valence-corrected chi connectivity index (χ3v) is 9.37. The maximum Gasteiger partial charge on any atom is 0.249 e. The van der Waals surface area contributed by atoms with Crippen LogP contribution < -0.4 is 9.64 Å². The Bertz CT molecular complexity index is 1420. The molecule has 2 aromatic carbocycles. The Balaban J connectivity index is 1.60. The van der Waals surface area contributed by atoms with E-state index in [0.717, 1.165) is 0 Å². The fraction of sp³-hybridized carbons (Fsp3) is 0.472. The average molecular weight is 616 g/mol. The molecule has 6 atom stereocenters. The normalized spacial score (nSPS) is 25.9. The summed E-state index contributed by atoms with van der Waals surface area (Å²) >= 11 is 0. The molecule has 9 heteroatoms. The highest BCUT2D eigenvalue weighted by Crippen LogP contribution is 2.60. The molecule has 3 heterocycles. The van der Waals surface area contributed by atoms with E-state index in [4.69, 9.17) is 9.47 Å². The van der Waals surface area contributed by atoms with Crippen LogP contribution in [-0.2, 0) is 19.1 Å². The van der Waals surface area contributed by atoms with E-state index in [0.29, 0.717) is 36.4 Å².